The molecule has 0 aromatic heterocycles. The van der Waals surface area contributed by atoms with Gasteiger partial charge in [0.15, 0.2) is 0 Å². The van der Waals surface area contributed by atoms with Gasteiger partial charge in [0.1, 0.15) is 0 Å². The Bertz CT molecular complexity index is 665. The molecule has 0 saturated heterocycles. The lowest BCUT2D eigenvalue weighted by Gasteiger charge is -1.97. The Hall–Kier alpha value is -2.44. The van der Waals surface area contributed by atoms with Crippen LogP contribution in [-0.2, 0) is 6.42 Å². The Kier molecular flexibility index (Phi) is 5.05. The largest absolute Gasteiger partial charge is 0.101 e. The van der Waals surface area contributed by atoms with Crippen molar-refractivity contribution >= 4 is 0 Å². The van der Waals surface area contributed by atoms with Crippen molar-refractivity contribution in [3.63, 3.8) is 0 Å². The van der Waals surface area contributed by atoms with Crippen LogP contribution < -0.4 is 0 Å². The van der Waals surface area contributed by atoms with Gasteiger partial charge in [-0.25, -0.2) is 0 Å². The van der Waals surface area contributed by atoms with Gasteiger partial charge in [0.05, 0.1) is 0 Å². The summed E-state index contributed by atoms with van der Waals surface area (Å²) in [6.07, 6.45) is 2.31. The zero-order chi connectivity index (χ0) is 14.2. The number of hydrogen-bond donors (Lipinski definition) is 0. The molecular formula is C20H18. The highest BCUT2D eigenvalue weighted by molar-refractivity contribution is 5.46. The van der Waals surface area contributed by atoms with Crippen LogP contribution in [0.3, 0.4) is 0 Å². The maximum absolute atomic E-state index is 3.20. The molecule has 0 atom stereocenters. The van der Waals surface area contributed by atoms with E-state index in [4.69, 9.17) is 0 Å². The Balaban J connectivity index is 2.10. The van der Waals surface area contributed by atoms with Gasteiger partial charge in [0.25, 0.3) is 0 Å². The summed E-state index contributed by atoms with van der Waals surface area (Å²) in [5.41, 5.74) is 4.48. The van der Waals surface area contributed by atoms with Crippen molar-refractivity contribution in [2.45, 2.75) is 26.7 Å². The second kappa shape index (κ2) is 7.22. The standard InChI is InChI=1S/C20H18/c1-3-5-17-7-11-19(12-8-17)15-16-20-13-9-18(6-4-2)10-14-20/h7-14H,3,5H2,1-2H3. The summed E-state index contributed by atoms with van der Waals surface area (Å²) in [5.74, 6) is 12.3. The van der Waals surface area contributed by atoms with E-state index >= 15 is 0 Å². The fourth-order valence-electron chi connectivity index (χ4n) is 1.97. The van der Waals surface area contributed by atoms with E-state index in [0.29, 0.717) is 0 Å². The minimum absolute atomic E-state index is 1.02. The summed E-state index contributed by atoms with van der Waals surface area (Å²) >= 11 is 0. The number of benzene rings is 2. The molecule has 0 aliphatic carbocycles. The van der Waals surface area contributed by atoms with Crippen LogP contribution >= 0.6 is 0 Å². The van der Waals surface area contributed by atoms with Gasteiger partial charge in [-0.15, -0.1) is 5.92 Å². The summed E-state index contributed by atoms with van der Waals surface area (Å²) in [5, 5.41) is 0. The Labute approximate surface area is 121 Å². The Morgan fingerprint density at radius 3 is 1.60 bits per heavy atom. The molecule has 0 heteroatoms. The van der Waals surface area contributed by atoms with Crippen LogP contribution in [0, 0.1) is 23.7 Å². The molecule has 2 rings (SSSR count). The molecule has 0 bridgehead atoms. The average Bonchev–Trinajstić information content (AvgIpc) is 2.49. The number of hydrogen-bond acceptors (Lipinski definition) is 0. The van der Waals surface area contributed by atoms with Crippen LogP contribution in [0.4, 0.5) is 0 Å². The van der Waals surface area contributed by atoms with E-state index in [1.165, 1.54) is 12.0 Å². The molecular weight excluding hydrogens is 240 g/mol. The van der Waals surface area contributed by atoms with Crippen LogP contribution in [0.1, 0.15) is 42.5 Å². The van der Waals surface area contributed by atoms with E-state index in [2.05, 4.69) is 54.9 Å². The van der Waals surface area contributed by atoms with Gasteiger partial charge in [-0.2, -0.15) is 0 Å². The van der Waals surface area contributed by atoms with Crippen LogP contribution in [0.5, 0.6) is 0 Å². The van der Waals surface area contributed by atoms with E-state index in [9.17, 15) is 0 Å². The van der Waals surface area contributed by atoms with Gasteiger partial charge in [-0.1, -0.05) is 43.2 Å². The fraction of sp³-hybridized carbons (Fsp3) is 0.200. The first-order valence-corrected chi connectivity index (χ1v) is 6.95. The van der Waals surface area contributed by atoms with E-state index in [0.717, 1.165) is 23.1 Å². The smallest absolute Gasteiger partial charge is 0.0249 e. The van der Waals surface area contributed by atoms with Crippen molar-refractivity contribution in [1.82, 2.24) is 0 Å². The molecule has 2 aromatic carbocycles. The SMILES string of the molecule is CC#Cc1ccc(C#Cc2ccc(CCC)cc2)cc1. The monoisotopic (exact) mass is 258 g/mol. The van der Waals surface area contributed by atoms with Gasteiger partial charge in [0.2, 0.25) is 0 Å². The van der Waals surface area contributed by atoms with Gasteiger partial charge in [-0.05, 0) is 55.3 Å². The van der Waals surface area contributed by atoms with E-state index in [1.54, 1.807) is 0 Å². The Morgan fingerprint density at radius 2 is 1.15 bits per heavy atom. The zero-order valence-electron chi connectivity index (χ0n) is 12.0. The van der Waals surface area contributed by atoms with E-state index < -0.39 is 0 Å². The van der Waals surface area contributed by atoms with Crippen LogP contribution in [0.25, 0.3) is 0 Å². The molecule has 0 aliphatic rings. The third-order valence-electron chi connectivity index (χ3n) is 3.00. The third-order valence-corrected chi connectivity index (χ3v) is 3.00. The van der Waals surface area contributed by atoms with Gasteiger partial charge in [0, 0.05) is 16.7 Å². The van der Waals surface area contributed by atoms with Gasteiger partial charge in [-0.3, -0.25) is 0 Å². The zero-order valence-corrected chi connectivity index (χ0v) is 12.0. The quantitative estimate of drug-likeness (QED) is 0.700. The molecule has 98 valence electrons. The maximum atomic E-state index is 3.20. The van der Waals surface area contributed by atoms with Crippen molar-refractivity contribution in [1.29, 1.82) is 0 Å². The molecule has 0 radical (unpaired) electrons. The highest BCUT2D eigenvalue weighted by Crippen LogP contribution is 2.06. The second-order valence-corrected chi connectivity index (χ2v) is 4.65. The van der Waals surface area contributed by atoms with Crippen LogP contribution in [-0.4, -0.2) is 0 Å². The number of aryl methyl sites for hydroxylation is 1. The van der Waals surface area contributed by atoms with Crippen molar-refractivity contribution in [2.75, 3.05) is 0 Å². The first-order valence-electron chi connectivity index (χ1n) is 6.95. The van der Waals surface area contributed by atoms with Crippen LogP contribution in [0.15, 0.2) is 48.5 Å². The first-order chi connectivity index (χ1) is 9.81. The fourth-order valence-corrected chi connectivity index (χ4v) is 1.97. The number of rotatable bonds is 2. The summed E-state index contributed by atoms with van der Waals surface area (Å²) in [6.45, 7) is 4.04. The van der Waals surface area contributed by atoms with Crippen LogP contribution in [0.2, 0.25) is 0 Å². The minimum Gasteiger partial charge on any atom is -0.101 e. The average molecular weight is 258 g/mol. The topological polar surface area (TPSA) is 0 Å². The molecule has 0 heterocycles. The molecule has 20 heavy (non-hydrogen) atoms. The molecule has 0 amide bonds. The van der Waals surface area contributed by atoms with Crippen molar-refractivity contribution < 1.29 is 0 Å². The second-order valence-electron chi connectivity index (χ2n) is 4.65. The summed E-state index contributed by atoms with van der Waals surface area (Å²) in [4.78, 5) is 0. The first kappa shape index (κ1) is 14.0. The lowest BCUT2D eigenvalue weighted by Crippen LogP contribution is -1.83. The minimum atomic E-state index is 1.02. The van der Waals surface area contributed by atoms with E-state index in [-0.39, 0.29) is 0 Å². The van der Waals surface area contributed by atoms with Gasteiger partial charge >= 0.3 is 0 Å². The molecule has 0 saturated carbocycles. The molecule has 2 aromatic rings. The summed E-state index contributed by atoms with van der Waals surface area (Å²) in [6, 6.07) is 16.5. The maximum Gasteiger partial charge on any atom is 0.0249 e. The molecule has 0 N–H and O–H groups in total. The molecule has 0 nitrogen and oxygen atoms in total. The highest BCUT2D eigenvalue weighted by atomic mass is 14.0. The van der Waals surface area contributed by atoms with Crippen molar-refractivity contribution in [3.05, 3.63) is 70.8 Å². The Morgan fingerprint density at radius 1 is 0.700 bits per heavy atom. The predicted octanol–water partition coefficient (Wildman–Crippen LogP) is 4.41. The third kappa shape index (κ3) is 4.04. The van der Waals surface area contributed by atoms with Gasteiger partial charge < -0.3 is 0 Å². The molecule has 0 spiro atoms. The molecule has 0 fully saturated rings. The van der Waals surface area contributed by atoms with E-state index in [1.807, 2.05) is 31.2 Å². The normalized spacial score (nSPS) is 9.10. The molecule has 0 aliphatic heterocycles. The summed E-state index contributed by atoms with van der Waals surface area (Å²) in [7, 11) is 0. The lowest BCUT2D eigenvalue weighted by atomic mass is 10.1. The summed E-state index contributed by atoms with van der Waals surface area (Å²) < 4.78 is 0. The highest BCUT2D eigenvalue weighted by Gasteiger charge is 1.92. The van der Waals surface area contributed by atoms with Crippen molar-refractivity contribution in [3.8, 4) is 23.7 Å². The predicted molar refractivity (Wildman–Crippen MR) is 85.4 cm³/mol. The van der Waals surface area contributed by atoms with Crippen molar-refractivity contribution in [2.24, 2.45) is 0 Å². The lowest BCUT2D eigenvalue weighted by molar-refractivity contribution is 0.922. The molecule has 0 unspecified atom stereocenters.